The highest BCUT2D eigenvalue weighted by Crippen LogP contribution is 2.36. The van der Waals surface area contributed by atoms with Crippen molar-refractivity contribution in [1.29, 1.82) is 0 Å². The quantitative estimate of drug-likeness (QED) is 0.778. The van der Waals surface area contributed by atoms with Crippen molar-refractivity contribution in [2.45, 2.75) is 19.8 Å². The summed E-state index contributed by atoms with van der Waals surface area (Å²) in [6.07, 6.45) is 1.62. The van der Waals surface area contributed by atoms with Crippen molar-refractivity contribution >= 4 is 52.2 Å². The normalized spacial score (nSPS) is 15.5. The van der Waals surface area contributed by atoms with E-state index in [4.69, 9.17) is 34.8 Å². The molecule has 0 fully saturated rings. The monoisotopic (exact) mass is 331 g/mol. The topological polar surface area (TPSA) is 37.4 Å². The molecule has 0 atom stereocenters. The fraction of sp³-hybridized carbons (Fsp3) is 0.286. The van der Waals surface area contributed by atoms with Gasteiger partial charge in [-0.3, -0.25) is 14.5 Å². The molecule has 3 nitrogen and oxygen atoms in total. The van der Waals surface area contributed by atoms with Crippen LogP contribution in [0.3, 0.4) is 0 Å². The number of unbranched alkanes of at least 4 members (excludes halogenated alkanes) is 1. The summed E-state index contributed by atoms with van der Waals surface area (Å²) in [5.74, 6) is -0.871. The van der Waals surface area contributed by atoms with Crippen LogP contribution in [0, 0.1) is 0 Å². The molecule has 0 aromatic heterocycles. The van der Waals surface area contributed by atoms with Crippen molar-refractivity contribution in [2.24, 2.45) is 0 Å². The maximum Gasteiger partial charge on any atom is 0.273 e. The van der Waals surface area contributed by atoms with Gasteiger partial charge in [0.1, 0.15) is 5.03 Å². The van der Waals surface area contributed by atoms with Gasteiger partial charge in [0.25, 0.3) is 11.8 Å². The molecule has 2 amide bonds. The largest absolute Gasteiger partial charge is 0.274 e. The fourth-order valence-electron chi connectivity index (χ4n) is 1.99. The van der Waals surface area contributed by atoms with Crippen LogP contribution in [0.25, 0.3) is 5.57 Å². The summed E-state index contributed by atoms with van der Waals surface area (Å²) in [5.41, 5.74) is 0.577. The van der Waals surface area contributed by atoms with E-state index < -0.39 is 11.8 Å². The molecule has 1 aliphatic rings. The summed E-state index contributed by atoms with van der Waals surface area (Å²) in [6, 6.07) is 4.71. The molecule has 0 N–H and O–H groups in total. The highest BCUT2D eigenvalue weighted by molar-refractivity contribution is 6.55. The van der Waals surface area contributed by atoms with Crippen LogP contribution >= 0.6 is 34.8 Å². The predicted molar refractivity (Wildman–Crippen MR) is 80.9 cm³/mol. The third-order valence-electron chi connectivity index (χ3n) is 3.05. The van der Waals surface area contributed by atoms with Gasteiger partial charge in [0, 0.05) is 17.1 Å². The first kappa shape index (κ1) is 15.4. The molecule has 0 radical (unpaired) electrons. The van der Waals surface area contributed by atoms with Gasteiger partial charge in [-0.25, -0.2) is 0 Å². The Morgan fingerprint density at radius 2 is 1.80 bits per heavy atom. The zero-order chi connectivity index (χ0) is 14.9. The lowest BCUT2D eigenvalue weighted by molar-refractivity contribution is -0.136. The van der Waals surface area contributed by atoms with Crippen molar-refractivity contribution < 1.29 is 9.59 Å². The number of halogens is 3. The Labute approximate surface area is 132 Å². The molecule has 20 heavy (non-hydrogen) atoms. The van der Waals surface area contributed by atoms with Gasteiger partial charge in [-0.15, -0.1) is 0 Å². The van der Waals surface area contributed by atoms with Crippen molar-refractivity contribution in [2.75, 3.05) is 6.54 Å². The minimum Gasteiger partial charge on any atom is -0.274 e. The van der Waals surface area contributed by atoms with E-state index in [1.54, 1.807) is 12.1 Å². The van der Waals surface area contributed by atoms with Gasteiger partial charge in [-0.05, 0) is 18.6 Å². The maximum absolute atomic E-state index is 12.3. The highest BCUT2D eigenvalue weighted by atomic mass is 35.5. The number of hydrogen-bond donors (Lipinski definition) is 0. The SMILES string of the molecule is CCCCN1C(=O)C(Cl)=C(c2ccc(Cl)cc2Cl)C1=O. The summed E-state index contributed by atoms with van der Waals surface area (Å²) in [4.78, 5) is 25.5. The first-order valence-electron chi connectivity index (χ1n) is 6.18. The van der Waals surface area contributed by atoms with Gasteiger partial charge in [0.15, 0.2) is 0 Å². The van der Waals surface area contributed by atoms with E-state index >= 15 is 0 Å². The molecule has 2 rings (SSSR count). The number of amides is 2. The Morgan fingerprint density at radius 1 is 1.10 bits per heavy atom. The van der Waals surface area contributed by atoms with Crippen molar-refractivity contribution in [3.8, 4) is 0 Å². The van der Waals surface area contributed by atoms with Crippen molar-refractivity contribution in [1.82, 2.24) is 4.90 Å². The molecule has 0 aliphatic carbocycles. The lowest BCUT2D eigenvalue weighted by Gasteiger charge is -2.14. The predicted octanol–water partition coefficient (Wildman–Crippen LogP) is 4.11. The van der Waals surface area contributed by atoms with Crippen LogP contribution in [0.2, 0.25) is 10.0 Å². The molecule has 1 heterocycles. The molecule has 0 spiro atoms. The number of rotatable bonds is 4. The van der Waals surface area contributed by atoms with Crippen molar-refractivity contribution in [3.05, 3.63) is 38.8 Å². The van der Waals surface area contributed by atoms with E-state index in [0.717, 1.165) is 17.7 Å². The van der Waals surface area contributed by atoms with E-state index in [9.17, 15) is 9.59 Å². The first-order chi connectivity index (χ1) is 9.47. The van der Waals surface area contributed by atoms with E-state index in [1.807, 2.05) is 6.92 Å². The van der Waals surface area contributed by atoms with Crippen LogP contribution < -0.4 is 0 Å². The van der Waals surface area contributed by atoms with Gasteiger partial charge in [0.05, 0.1) is 10.6 Å². The van der Waals surface area contributed by atoms with Crippen LogP contribution in [0.15, 0.2) is 23.2 Å². The fourth-order valence-corrected chi connectivity index (χ4v) is 2.78. The van der Waals surface area contributed by atoms with Gasteiger partial charge in [-0.2, -0.15) is 0 Å². The average molecular weight is 333 g/mol. The standard InChI is InChI=1S/C14H12Cl3NO2/c1-2-3-6-18-13(19)11(12(17)14(18)20)9-5-4-8(15)7-10(9)16/h4-5,7H,2-3,6H2,1H3. The molecule has 0 saturated carbocycles. The van der Waals surface area contributed by atoms with Gasteiger partial charge >= 0.3 is 0 Å². The molecule has 106 valence electrons. The number of carbonyl (C=O) groups is 2. The third kappa shape index (κ3) is 2.71. The number of benzene rings is 1. The minimum absolute atomic E-state index is 0.0877. The summed E-state index contributed by atoms with van der Waals surface area (Å²) in [6.45, 7) is 2.34. The molecule has 6 heteroatoms. The van der Waals surface area contributed by atoms with Crippen LogP contribution in [0.5, 0.6) is 0 Å². The van der Waals surface area contributed by atoms with Crippen LogP contribution in [-0.2, 0) is 9.59 Å². The van der Waals surface area contributed by atoms with E-state index in [0.29, 0.717) is 22.2 Å². The summed E-state index contributed by atoms with van der Waals surface area (Å²) < 4.78 is 0. The molecule has 0 unspecified atom stereocenters. The molecule has 0 saturated heterocycles. The molecular weight excluding hydrogens is 321 g/mol. The Kier molecular flexibility index (Phi) is 4.74. The molecule has 1 aromatic rings. The smallest absolute Gasteiger partial charge is 0.273 e. The second kappa shape index (κ2) is 6.17. The number of hydrogen-bond acceptors (Lipinski definition) is 2. The second-order valence-corrected chi connectivity index (χ2v) is 5.65. The first-order valence-corrected chi connectivity index (χ1v) is 7.32. The van der Waals surface area contributed by atoms with Crippen LogP contribution in [0.4, 0.5) is 0 Å². The van der Waals surface area contributed by atoms with E-state index in [-0.39, 0.29) is 10.6 Å². The zero-order valence-electron chi connectivity index (χ0n) is 10.8. The number of imide groups is 1. The maximum atomic E-state index is 12.3. The van der Waals surface area contributed by atoms with E-state index in [2.05, 4.69) is 0 Å². The summed E-state index contributed by atoms with van der Waals surface area (Å²) in [7, 11) is 0. The zero-order valence-corrected chi connectivity index (χ0v) is 13.0. The Morgan fingerprint density at radius 3 is 2.40 bits per heavy atom. The van der Waals surface area contributed by atoms with Crippen molar-refractivity contribution in [3.63, 3.8) is 0 Å². The molecule has 0 bridgehead atoms. The molecule has 1 aromatic carbocycles. The number of carbonyl (C=O) groups excluding carboxylic acids is 2. The summed E-state index contributed by atoms with van der Waals surface area (Å²) >= 11 is 17.9. The van der Waals surface area contributed by atoms with Crippen LogP contribution in [-0.4, -0.2) is 23.3 Å². The highest BCUT2D eigenvalue weighted by Gasteiger charge is 2.38. The minimum atomic E-state index is -0.467. The van der Waals surface area contributed by atoms with Gasteiger partial charge in [0.2, 0.25) is 0 Å². The summed E-state index contributed by atoms with van der Waals surface area (Å²) in [5, 5.41) is 0.662. The Bertz CT molecular complexity index is 610. The second-order valence-electron chi connectivity index (χ2n) is 4.43. The average Bonchev–Trinajstić information content (AvgIpc) is 2.60. The van der Waals surface area contributed by atoms with Crippen LogP contribution in [0.1, 0.15) is 25.3 Å². The Balaban J connectivity index is 2.41. The lowest BCUT2D eigenvalue weighted by atomic mass is 10.1. The van der Waals surface area contributed by atoms with Gasteiger partial charge < -0.3 is 0 Å². The number of nitrogens with zero attached hydrogens (tertiary/aromatic N) is 1. The lowest BCUT2D eigenvalue weighted by Crippen LogP contribution is -2.32. The molecule has 1 aliphatic heterocycles. The van der Waals surface area contributed by atoms with E-state index in [1.165, 1.54) is 6.07 Å². The van der Waals surface area contributed by atoms with Gasteiger partial charge in [-0.1, -0.05) is 54.2 Å². The molecular formula is C14H12Cl3NO2. The Hall–Kier alpha value is -1.03. The third-order valence-corrected chi connectivity index (χ3v) is 3.95.